The number of ether oxygens (including phenoxy) is 2. The summed E-state index contributed by atoms with van der Waals surface area (Å²) in [5, 5.41) is 3.11. The van der Waals surface area contributed by atoms with Crippen molar-refractivity contribution >= 4 is 27.5 Å². The van der Waals surface area contributed by atoms with Gasteiger partial charge in [-0.05, 0) is 73.9 Å². The summed E-state index contributed by atoms with van der Waals surface area (Å²) < 4.78 is 39.4. The molecule has 10 heteroatoms. The van der Waals surface area contributed by atoms with Gasteiger partial charge in [0, 0.05) is 12.6 Å². The summed E-state index contributed by atoms with van der Waals surface area (Å²) in [4.78, 5) is 29.0. The van der Waals surface area contributed by atoms with Crippen molar-refractivity contribution in [3.63, 3.8) is 0 Å². The molecule has 224 valence electrons. The first kappa shape index (κ1) is 30.9. The number of carbonyl (C=O) groups excluding carboxylic acids is 2. The van der Waals surface area contributed by atoms with Crippen LogP contribution in [0.15, 0.2) is 83.8 Å². The lowest BCUT2D eigenvalue weighted by Gasteiger charge is -2.33. The third kappa shape index (κ3) is 7.61. The molecule has 1 saturated carbocycles. The van der Waals surface area contributed by atoms with Gasteiger partial charge >= 0.3 is 0 Å². The van der Waals surface area contributed by atoms with Gasteiger partial charge in [0.05, 0.1) is 24.8 Å². The molecule has 1 N–H and O–H groups in total. The third-order valence-electron chi connectivity index (χ3n) is 7.58. The largest absolute Gasteiger partial charge is 0.497 e. The standard InChI is InChI=1S/C32H39N3O6S/c1-24(32(37)33-26-12-6-4-7-13-26)34(22-25-11-10-14-29(21-25)41-3)31(36)23-35(27-17-19-28(40-2)20-18-27)42(38,39)30-15-8-5-9-16-30/h5,8-11,14-21,24,26H,4,6-7,12-13,22-23H2,1-3H3,(H,33,37)/t24-/m1/s1. The highest BCUT2D eigenvalue weighted by Gasteiger charge is 2.33. The Morgan fingerprint density at radius 2 is 1.55 bits per heavy atom. The van der Waals surface area contributed by atoms with Crippen LogP contribution in [0.1, 0.15) is 44.6 Å². The summed E-state index contributed by atoms with van der Waals surface area (Å²) >= 11 is 0. The Morgan fingerprint density at radius 3 is 2.19 bits per heavy atom. The van der Waals surface area contributed by atoms with E-state index in [1.54, 1.807) is 68.6 Å². The van der Waals surface area contributed by atoms with Crippen LogP contribution in [0, 0.1) is 0 Å². The van der Waals surface area contributed by atoms with E-state index < -0.39 is 28.5 Å². The highest BCUT2D eigenvalue weighted by atomic mass is 32.2. The summed E-state index contributed by atoms with van der Waals surface area (Å²) in [5.74, 6) is 0.389. The molecule has 0 saturated heterocycles. The number of amides is 2. The molecule has 1 aliphatic rings. The van der Waals surface area contributed by atoms with E-state index in [2.05, 4.69) is 5.32 Å². The molecule has 42 heavy (non-hydrogen) atoms. The molecule has 3 aromatic carbocycles. The molecular formula is C32H39N3O6S. The minimum absolute atomic E-state index is 0.0519. The van der Waals surface area contributed by atoms with E-state index in [0.29, 0.717) is 17.2 Å². The van der Waals surface area contributed by atoms with E-state index >= 15 is 0 Å². The Balaban J connectivity index is 1.67. The zero-order valence-corrected chi connectivity index (χ0v) is 25.2. The van der Waals surface area contributed by atoms with Crippen LogP contribution in [0.4, 0.5) is 5.69 Å². The van der Waals surface area contributed by atoms with Gasteiger partial charge in [-0.1, -0.05) is 49.6 Å². The molecule has 9 nitrogen and oxygen atoms in total. The lowest BCUT2D eigenvalue weighted by molar-refractivity contribution is -0.139. The molecule has 3 aromatic rings. The number of methoxy groups -OCH3 is 2. The van der Waals surface area contributed by atoms with Crippen molar-refractivity contribution in [1.29, 1.82) is 0 Å². The number of hydrogen-bond acceptors (Lipinski definition) is 6. The van der Waals surface area contributed by atoms with E-state index in [4.69, 9.17) is 9.47 Å². The highest BCUT2D eigenvalue weighted by Crippen LogP contribution is 2.27. The topological polar surface area (TPSA) is 105 Å². The van der Waals surface area contributed by atoms with E-state index in [1.165, 1.54) is 24.1 Å². The van der Waals surface area contributed by atoms with Gasteiger partial charge in [0.15, 0.2) is 0 Å². The Kier molecular flexibility index (Phi) is 10.5. The van der Waals surface area contributed by atoms with E-state index in [1.807, 2.05) is 12.1 Å². The van der Waals surface area contributed by atoms with Crippen molar-refractivity contribution in [3.8, 4) is 11.5 Å². The first-order chi connectivity index (χ1) is 20.2. The van der Waals surface area contributed by atoms with Crippen LogP contribution >= 0.6 is 0 Å². The zero-order chi connectivity index (χ0) is 30.1. The smallest absolute Gasteiger partial charge is 0.264 e. The summed E-state index contributed by atoms with van der Waals surface area (Å²) in [5.41, 5.74) is 1.05. The predicted molar refractivity (Wildman–Crippen MR) is 162 cm³/mol. The van der Waals surface area contributed by atoms with Gasteiger partial charge < -0.3 is 19.7 Å². The lowest BCUT2D eigenvalue weighted by Crippen LogP contribution is -2.53. The number of nitrogens with zero attached hydrogens (tertiary/aromatic N) is 2. The van der Waals surface area contributed by atoms with Crippen LogP contribution in [0.2, 0.25) is 0 Å². The van der Waals surface area contributed by atoms with Crippen LogP contribution in [0.5, 0.6) is 11.5 Å². The Labute approximate surface area is 248 Å². The van der Waals surface area contributed by atoms with E-state index in [9.17, 15) is 18.0 Å². The summed E-state index contributed by atoms with van der Waals surface area (Å²) in [7, 11) is -1.05. The molecule has 1 fully saturated rings. The molecule has 0 spiro atoms. The number of benzene rings is 3. The monoisotopic (exact) mass is 593 g/mol. The van der Waals surface area contributed by atoms with Crippen molar-refractivity contribution in [2.75, 3.05) is 25.1 Å². The average Bonchev–Trinajstić information content (AvgIpc) is 3.03. The maximum Gasteiger partial charge on any atom is 0.264 e. The van der Waals surface area contributed by atoms with Gasteiger partial charge in [0.25, 0.3) is 10.0 Å². The number of rotatable bonds is 12. The van der Waals surface area contributed by atoms with Crippen LogP contribution in [-0.4, -0.2) is 58.0 Å². The maximum atomic E-state index is 14.1. The average molecular weight is 594 g/mol. The fraction of sp³-hybridized carbons (Fsp3) is 0.375. The van der Waals surface area contributed by atoms with Gasteiger partial charge in [-0.15, -0.1) is 0 Å². The fourth-order valence-corrected chi connectivity index (χ4v) is 6.55. The molecule has 0 aliphatic heterocycles. The molecule has 1 atom stereocenters. The predicted octanol–water partition coefficient (Wildman–Crippen LogP) is 4.77. The first-order valence-corrected chi connectivity index (χ1v) is 15.6. The van der Waals surface area contributed by atoms with E-state index in [-0.39, 0.29) is 23.4 Å². The van der Waals surface area contributed by atoms with Gasteiger partial charge in [0.1, 0.15) is 24.1 Å². The maximum absolute atomic E-state index is 14.1. The molecule has 0 unspecified atom stereocenters. The van der Waals surface area contributed by atoms with Gasteiger partial charge in [0.2, 0.25) is 11.8 Å². The molecule has 1 aliphatic carbocycles. The molecule has 4 rings (SSSR count). The number of nitrogens with one attached hydrogen (secondary N) is 1. The summed E-state index contributed by atoms with van der Waals surface area (Å²) in [6.07, 6.45) is 5.07. The molecule has 0 radical (unpaired) electrons. The molecule has 0 bridgehead atoms. The minimum atomic E-state index is -4.13. The first-order valence-electron chi connectivity index (χ1n) is 14.2. The zero-order valence-electron chi connectivity index (χ0n) is 24.4. The molecular weight excluding hydrogens is 554 g/mol. The van der Waals surface area contributed by atoms with Crippen LogP contribution in [0.3, 0.4) is 0 Å². The van der Waals surface area contributed by atoms with Gasteiger partial charge in [-0.2, -0.15) is 0 Å². The second kappa shape index (κ2) is 14.2. The Bertz CT molecular complexity index is 1440. The normalized spacial score (nSPS) is 14.5. The van der Waals surface area contributed by atoms with Crippen molar-refractivity contribution in [1.82, 2.24) is 10.2 Å². The quantitative estimate of drug-likeness (QED) is 0.325. The van der Waals surface area contributed by atoms with E-state index in [0.717, 1.165) is 42.0 Å². The second-order valence-electron chi connectivity index (χ2n) is 10.4. The SMILES string of the molecule is COc1ccc(N(CC(=O)N(Cc2cccc(OC)c2)[C@H](C)C(=O)NC2CCCCC2)S(=O)(=O)c2ccccc2)cc1. The number of carbonyl (C=O) groups is 2. The van der Waals surface area contributed by atoms with Crippen molar-refractivity contribution in [3.05, 3.63) is 84.4 Å². The lowest BCUT2D eigenvalue weighted by atomic mass is 9.95. The molecule has 0 heterocycles. The highest BCUT2D eigenvalue weighted by molar-refractivity contribution is 7.92. The Hall–Kier alpha value is -4.05. The van der Waals surface area contributed by atoms with Crippen molar-refractivity contribution in [2.24, 2.45) is 0 Å². The summed E-state index contributed by atoms with van der Waals surface area (Å²) in [6.45, 7) is 1.27. The Morgan fingerprint density at radius 1 is 0.881 bits per heavy atom. The van der Waals surface area contributed by atoms with Gasteiger partial charge in [-0.3, -0.25) is 13.9 Å². The third-order valence-corrected chi connectivity index (χ3v) is 9.36. The van der Waals surface area contributed by atoms with Crippen molar-refractivity contribution < 1.29 is 27.5 Å². The number of anilines is 1. The number of hydrogen-bond donors (Lipinski definition) is 1. The fourth-order valence-electron chi connectivity index (χ4n) is 5.12. The van der Waals surface area contributed by atoms with Crippen LogP contribution in [-0.2, 0) is 26.2 Å². The summed E-state index contributed by atoms with van der Waals surface area (Å²) in [6, 6.07) is 20.9. The van der Waals surface area contributed by atoms with Crippen LogP contribution < -0.4 is 19.1 Å². The molecule has 0 aromatic heterocycles. The van der Waals surface area contributed by atoms with Gasteiger partial charge in [-0.25, -0.2) is 8.42 Å². The molecule has 2 amide bonds. The van der Waals surface area contributed by atoms with Crippen LogP contribution in [0.25, 0.3) is 0 Å². The second-order valence-corrected chi connectivity index (χ2v) is 12.3. The number of sulfonamides is 1. The minimum Gasteiger partial charge on any atom is -0.497 e. The van der Waals surface area contributed by atoms with Crippen molar-refractivity contribution in [2.45, 2.75) is 62.6 Å².